The van der Waals surface area contributed by atoms with Gasteiger partial charge < -0.3 is 15.2 Å². The Labute approximate surface area is 240 Å². The highest BCUT2D eigenvalue weighted by Crippen LogP contribution is 2.47. The number of amides is 2. The number of H-pyrrole nitrogens is 1. The number of hydrogen-bond donors (Lipinski definition) is 2. The molecular weight excluding hydrogens is 508 g/mol. The molecule has 0 saturated carbocycles. The number of nitrogens with one attached hydrogen (secondary N) is 2. The lowest BCUT2D eigenvalue weighted by atomic mass is 9.90. The minimum Gasteiger partial charge on any atom is -0.354 e. The van der Waals surface area contributed by atoms with Crippen LogP contribution in [0.2, 0.25) is 0 Å². The number of hydrogen-bond acceptors (Lipinski definition) is 3. The van der Waals surface area contributed by atoms with Gasteiger partial charge in [0.15, 0.2) is 0 Å². The number of aromatic nitrogens is 2. The van der Waals surface area contributed by atoms with E-state index in [-0.39, 0.29) is 17.7 Å². The van der Waals surface area contributed by atoms with Crippen molar-refractivity contribution < 1.29 is 9.59 Å². The predicted molar refractivity (Wildman–Crippen MR) is 162 cm³/mol. The maximum atomic E-state index is 14.3. The predicted octanol–water partition coefficient (Wildman–Crippen LogP) is 6.81. The lowest BCUT2D eigenvalue weighted by Crippen LogP contribution is -2.52. The second-order valence-corrected chi connectivity index (χ2v) is 10.9. The number of carbonyl (C=O) groups excluding carboxylic acids is 2. The van der Waals surface area contributed by atoms with Crippen molar-refractivity contribution in [3.63, 3.8) is 0 Å². The molecule has 0 saturated heterocycles. The Morgan fingerprint density at radius 1 is 0.976 bits per heavy atom. The first-order chi connectivity index (χ1) is 20.0. The van der Waals surface area contributed by atoms with E-state index in [1.807, 2.05) is 59.5 Å². The van der Waals surface area contributed by atoms with Crippen molar-refractivity contribution in [3.8, 4) is 11.3 Å². The largest absolute Gasteiger partial charge is 0.354 e. The van der Waals surface area contributed by atoms with E-state index in [0.717, 1.165) is 45.4 Å². The standard InChI is InChI=1S/C35H34N4O2/c1-4-23(3)32(34(40)37-21-25-11-9-10-20-36-25)39-33(26-12-5-6-13-27(26)35(39)41)30-28-14-7-8-15-29(28)38-31(30)24-18-16-22(2)17-19-24/h5-20,23,32-33,38H,4,21H2,1-3H3,(H,37,40). The zero-order chi connectivity index (χ0) is 28.5. The molecule has 1 aliphatic heterocycles. The van der Waals surface area contributed by atoms with Gasteiger partial charge in [0, 0.05) is 28.2 Å². The van der Waals surface area contributed by atoms with E-state index in [0.29, 0.717) is 12.1 Å². The van der Waals surface area contributed by atoms with Gasteiger partial charge in [-0.1, -0.05) is 92.6 Å². The third-order valence-corrected chi connectivity index (χ3v) is 8.28. The van der Waals surface area contributed by atoms with Crippen LogP contribution in [0, 0.1) is 12.8 Å². The van der Waals surface area contributed by atoms with Crippen LogP contribution < -0.4 is 5.32 Å². The number of benzene rings is 3. The van der Waals surface area contributed by atoms with Gasteiger partial charge in [0.25, 0.3) is 5.91 Å². The minimum absolute atomic E-state index is 0.0764. The molecule has 5 aromatic rings. The molecule has 6 heteroatoms. The van der Waals surface area contributed by atoms with Crippen molar-refractivity contribution >= 4 is 22.7 Å². The Balaban J connectivity index is 1.52. The summed E-state index contributed by atoms with van der Waals surface area (Å²) in [6.45, 7) is 6.49. The molecule has 41 heavy (non-hydrogen) atoms. The highest BCUT2D eigenvalue weighted by molar-refractivity contribution is 6.04. The monoisotopic (exact) mass is 542 g/mol. The van der Waals surface area contributed by atoms with Crippen LogP contribution >= 0.6 is 0 Å². The molecule has 3 unspecified atom stereocenters. The smallest absolute Gasteiger partial charge is 0.255 e. The van der Waals surface area contributed by atoms with Crippen LogP contribution in [-0.2, 0) is 11.3 Å². The summed E-state index contributed by atoms with van der Waals surface area (Å²) in [5.41, 5.74) is 7.51. The quantitative estimate of drug-likeness (QED) is 0.226. The van der Waals surface area contributed by atoms with Gasteiger partial charge in [-0.05, 0) is 48.2 Å². The van der Waals surface area contributed by atoms with Crippen LogP contribution in [0.4, 0.5) is 0 Å². The van der Waals surface area contributed by atoms with E-state index in [4.69, 9.17) is 0 Å². The molecule has 0 aliphatic carbocycles. The molecule has 3 atom stereocenters. The number of fused-ring (bicyclic) bond motifs is 2. The second-order valence-electron chi connectivity index (χ2n) is 10.9. The molecule has 6 rings (SSSR count). The van der Waals surface area contributed by atoms with Crippen molar-refractivity contribution in [1.82, 2.24) is 20.2 Å². The van der Waals surface area contributed by atoms with Crippen molar-refractivity contribution in [1.29, 1.82) is 0 Å². The first-order valence-electron chi connectivity index (χ1n) is 14.2. The summed E-state index contributed by atoms with van der Waals surface area (Å²) in [6, 6.07) is 28.9. The van der Waals surface area contributed by atoms with Crippen LogP contribution in [0.1, 0.15) is 59.1 Å². The second kappa shape index (κ2) is 11.0. The fourth-order valence-electron chi connectivity index (χ4n) is 5.98. The summed E-state index contributed by atoms with van der Waals surface area (Å²) in [5, 5.41) is 4.13. The molecule has 0 bridgehead atoms. The van der Waals surface area contributed by atoms with Crippen LogP contribution in [0.5, 0.6) is 0 Å². The van der Waals surface area contributed by atoms with Gasteiger partial charge in [0.05, 0.1) is 24.0 Å². The Hall–Kier alpha value is -4.71. The van der Waals surface area contributed by atoms with E-state index in [1.54, 1.807) is 6.20 Å². The lowest BCUT2D eigenvalue weighted by Gasteiger charge is -2.36. The summed E-state index contributed by atoms with van der Waals surface area (Å²) < 4.78 is 0. The molecule has 0 spiro atoms. The van der Waals surface area contributed by atoms with E-state index in [2.05, 4.69) is 72.5 Å². The maximum absolute atomic E-state index is 14.3. The zero-order valence-corrected chi connectivity index (χ0v) is 23.6. The summed E-state index contributed by atoms with van der Waals surface area (Å²) in [4.78, 5) is 38.2. The van der Waals surface area contributed by atoms with Gasteiger partial charge in [0.1, 0.15) is 6.04 Å². The van der Waals surface area contributed by atoms with E-state index >= 15 is 0 Å². The molecule has 206 valence electrons. The molecule has 2 amide bonds. The van der Waals surface area contributed by atoms with Crippen LogP contribution in [0.3, 0.4) is 0 Å². The summed E-state index contributed by atoms with van der Waals surface area (Å²) in [5.74, 6) is -0.371. The topological polar surface area (TPSA) is 78.1 Å². The highest BCUT2D eigenvalue weighted by atomic mass is 16.2. The van der Waals surface area contributed by atoms with E-state index in [1.165, 1.54) is 5.56 Å². The zero-order valence-electron chi connectivity index (χ0n) is 23.6. The summed E-state index contributed by atoms with van der Waals surface area (Å²) in [7, 11) is 0. The Morgan fingerprint density at radius 3 is 2.46 bits per heavy atom. The number of para-hydroxylation sites is 1. The van der Waals surface area contributed by atoms with Gasteiger partial charge in [-0.25, -0.2) is 0 Å². The molecular formula is C35H34N4O2. The number of pyridine rings is 1. The average molecular weight is 543 g/mol. The highest BCUT2D eigenvalue weighted by Gasteiger charge is 2.47. The van der Waals surface area contributed by atoms with Gasteiger partial charge >= 0.3 is 0 Å². The first-order valence-corrected chi connectivity index (χ1v) is 14.2. The molecule has 2 N–H and O–H groups in total. The number of aromatic amines is 1. The Kier molecular flexibility index (Phi) is 7.14. The van der Waals surface area contributed by atoms with E-state index in [9.17, 15) is 9.59 Å². The molecule has 3 heterocycles. The molecule has 0 radical (unpaired) electrons. The van der Waals surface area contributed by atoms with Gasteiger partial charge in [-0.2, -0.15) is 0 Å². The third-order valence-electron chi connectivity index (χ3n) is 8.28. The van der Waals surface area contributed by atoms with Crippen molar-refractivity contribution in [2.75, 3.05) is 0 Å². The maximum Gasteiger partial charge on any atom is 0.255 e. The summed E-state index contributed by atoms with van der Waals surface area (Å²) in [6.07, 6.45) is 2.46. The number of nitrogens with zero attached hydrogens (tertiary/aromatic N) is 2. The van der Waals surface area contributed by atoms with Gasteiger partial charge in [0.2, 0.25) is 5.91 Å². The third kappa shape index (κ3) is 4.80. The van der Waals surface area contributed by atoms with Crippen LogP contribution in [0.15, 0.2) is 97.2 Å². The van der Waals surface area contributed by atoms with Crippen LogP contribution in [0.25, 0.3) is 22.2 Å². The van der Waals surface area contributed by atoms with Crippen molar-refractivity contribution in [2.45, 2.75) is 45.8 Å². The summed E-state index contributed by atoms with van der Waals surface area (Å²) >= 11 is 0. The SMILES string of the molecule is CCC(C)C(C(=O)NCc1ccccn1)N1C(=O)c2ccccc2C1c1c(-c2ccc(C)cc2)[nH]c2ccccc12. The number of rotatable bonds is 8. The number of carbonyl (C=O) groups is 2. The van der Waals surface area contributed by atoms with Gasteiger partial charge in [-0.3, -0.25) is 14.6 Å². The lowest BCUT2D eigenvalue weighted by molar-refractivity contribution is -0.128. The van der Waals surface area contributed by atoms with Crippen molar-refractivity contribution in [3.05, 3.63) is 125 Å². The number of aryl methyl sites for hydroxylation is 1. The molecule has 3 aromatic carbocycles. The Bertz CT molecular complexity index is 1710. The minimum atomic E-state index is -0.673. The molecule has 0 fully saturated rings. The molecule has 2 aromatic heterocycles. The fourth-order valence-corrected chi connectivity index (χ4v) is 5.98. The van der Waals surface area contributed by atoms with Crippen LogP contribution in [-0.4, -0.2) is 32.7 Å². The average Bonchev–Trinajstić information content (AvgIpc) is 3.52. The van der Waals surface area contributed by atoms with E-state index < -0.39 is 12.1 Å². The fraction of sp³-hybridized carbons (Fsp3) is 0.229. The van der Waals surface area contributed by atoms with Crippen molar-refractivity contribution in [2.24, 2.45) is 5.92 Å². The molecule has 1 aliphatic rings. The Morgan fingerprint density at radius 2 is 1.71 bits per heavy atom. The normalized spacial score (nSPS) is 16.0. The molecule has 6 nitrogen and oxygen atoms in total. The first kappa shape index (κ1) is 26.5. The van der Waals surface area contributed by atoms with Gasteiger partial charge in [-0.15, -0.1) is 0 Å².